The fourth-order valence-corrected chi connectivity index (χ4v) is 5.65. The van der Waals surface area contributed by atoms with Crippen LogP contribution in [0.1, 0.15) is 44.1 Å². The number of benzene rings is 1. The lowest BCUT2D eigenvalue weighted by molar-refractivity contribution is -0.388. The van der Waals surface area contributed by atoms with Gasteiger partial charge in [-0.2, -0.15) is 13.2 Å². The molecule has 140 valence electrons. The Hall–Kier alpha value is -2.12. The highest BCUT2D eigenvalue weighted by Crippen LogP contribution is 2.60. The predicted octanol–water partition coefficient (Wildman–Crippen LogP) is 4.77. The van der Waals surface area contributed by atoms with Gasteiger partial charge in [0.05, 0.1) is 10.3 Å². The number of nitro benzene ring substituents is 1. The summed E-state index contributed by atoms with van der Waals surface area (Å²) in [6.45, 7) is 0. The molecule has 1 aromatic carbocycles. The Morgan fingerprint density at radius 1 is 1.12 bits per heavy atom. The van der Waals surface area contributed by atoms with E-state index in [1.807, 2.05) is 0 Å². The Morgan fingerprint density at radius 3 is 2.12 bits per heavy atom. The first-order chi connectivity index (χ1) is 12.2. The lowest BCUT2D eigenvalue weighted by Crippen LogP contribution is -2.51. The van der Waals surface area contributed by atoms with Crippen LogP contribution >= 0.6 is 0 Å². The second kappa shape index (κ2) is 5.69. The molecule has 5 nitrogen and oxygen atoms in total. The molecule has 0 aliphatic heterocycles. The summed E-state index contributed by atoms with van der Waals surface area (Å²) in [7, 11) is 0. The number of halogens is 3. The van der Waals surface area contributed by atoms with Crippen LogP contribution in [-0.4, -0.2) is 10.8 Å². The van der Waals surface area contributed by atoms with Gasteiger partial charge in [-0.05, 0) is 68.4 Å². The van der Waals surface area contributed by atoms with E-state index in [0.29, 0.717) is 23.8 Å². The lowest BCUT2D eigenvalue weighted by atomic mass is 9.49. The molecule has 0 heterocycles. The number of carbonyl (C=O) groups excluding carboxylic acids is 1. The normalized spacial score (nSPS) is 32.5. The van der Waals surface area contributed by atoms with Crippen molar-refractivity contribution in [3.8, 4) is 0 Å². The molecule has 4 fully saturated rings. The quantitative estimate of drug-likeness (QED) is 0.617. The number of anilines is 1. The van der Waals surface area contributed by atoms with Crippen molar-refractivity contribution in [2.75, 3.05) is 5.32 Å². The summed E-state index contributed by atoms with van der Waals surface area (Å²) in [4.78, 5) is 22.7. The Kier molecular flexibility index (Phi) is 3.79. The van der Waals surface area contributed by atoms with Crippen LogP contribution in [-0.2, 0) is 11.0 Å². The fraction of sp³-hybridized carbons (Fsp3) is 0.611. The van der Waals surface area contributed by atoms with Crippen molar-refractivity contribution in [3.05, 3.63) is 33.9 Å². The third-order valence-electron chi connectivity index (χ3n) is 6.28. The second-order valence-electron chi connectivity index (χ2n) is 8.14. The van der Waals surface area contributed by atoms with E-state index in [0.717, 1.165) is 44.6 Å². The van der Waals surface area contributed by atoms with Gasteiger partial charge in [0.15, 0.2) is 0 Å². The van der Waals surface area contributed by atoms with Gasteiger partial charge in [-0.3, -0.25) is 14.9 Å². The first-order valence-electron chi connectivity index (χ1n) is 8.83. The highest BCUT2D eigenvalue weighted by atomic mass is 19.4. The van der Waals surface area contributed by atoms with Gasteiger partial charge in [0.2, 0.25) is 5.91 Å². The zero-order valence-electron chi connectivity index (χ0n) is 14.0. The number of hydrogen-bond acceptors (Lipinski definition) is 3. The van der Waals surface area contributed by atoms with Crippen molar-refractivity contribution in [1.29, 1.82) is 0 Å². The van der Waals surface area contributed by atoms with Crippen LogP contribution in [0.2, 0.25) is 0 Å². The lowest BCUT2D eigenvalue weighted by Gasteiger charge is -2.55. The topological polar surface area (TPSA) is 72.2 Å². The SMILES string of the molecule is O=C(Nc1ccc([N+](=O)[O-])c(C(F)(F)F)c1)C12CC3CC(CC(C3)C1)C2. The molecule has 4 aliphatic rings. The van der Waals surface area contributed by atoms with Crippen LogP contribution in [0.5, 0.6) is 0 Å². The number of nitrogens with zero attached hydrogens (tertiary/aromatic N) is 1. The molecule has 4 aliphatic carbocycles. The predicted molar refractivity (Wildman–Crippen MR) is 87.3 cm³/mol. The van der Waals surface area contributed by atoms with E-state index in [9.17, 15) is 28.1 Å². The minimum atomic E-state index is -4.86. The summed E-state index contributed by atoms with van der Waals surface area (Å²) >= 11 is 0. The molecule has 4 bridgehead atoms. The number of alkyl halides is 3. The number of nitro groups is 1. The molecule has 0 spiro atoms. The van der Waals surface area contributed by atoms with Crippen LogP contribution in [0, 0.1) is 33.3 Å². The Bertz CT molecular complexity index is 740. The molecule has 0 saturated heterocycles. The highest BCUT2D eigenvalue weighted by molar-refractivity contribution is 5.96. The average molecular weight is 368 g/mol. The monoisotopic (exact) mass is 368 g/mol. The van der Waals surface area contributed by atoms with Gasteiger partial charge in [0, 0.05) is 11.8 Å². The summed E-state index contributed by atoms with van der Waals surface area (Å²) in [6.07, 6.45) is 0.995. The van der Waals surface area contributed by atoms with Gasteiger partial charge in [0.25, 0.3) is 5.69 Å². The Balaban J connectivity index is 1.59. The van der Waals surface area contributed by atoms with Crippen molar-refractivity contribution in [2.24, 2.45) is 23.2 Å². The van der Waals surface area contributed by atoms with Crippen molar-refractivity contribution >= 4 is 17.3 Å². The number of rotatable bonds is 3. The smallest absolute Gasteiger partial charge is 0.326 e. The first kappa shape index (κ1) is 17.3. The standard InChI is InChI=1S/C18H19F3N2O3/c19-18(20,21)14-6-13(1-2-15(14)23(25)26)22-16(24)17-7-10-3-11(8-17)5-12(4-10)9-17/h1-2,6,10-12H,3-5,7-9H2,(H,22,24). The second-order valence-corrected chi connectivity index (χ2v) is 8.14. The minimum Gasteiger partial charge on any atom is -0.326 e. The zero-order chi connectivity index (χ0) is 18.7. The maximum Gasteiger partial charge on any atom is 0.423 e. The van der Waals surface area contributed by atoms with Gasteiger partial charge in [-0.1, -0.05) is 0 Å². The molecule has 0 aromatic heterocycles. The molecule has 0 unspecified atom stereocenters. The van der Waals surface area contributed by atoms with Crippen LogP contribution in [0.3, 0.4) is 0 Å². The van der Waals surface area contributed by atoms with Crippen LogP contribution < -0.4 is 5.32 Å². The van der Waals surface area contributed by atoms with Gasteiger partial charge < -0.3 is 5.32 Å². The van der Waals surface area contributed by atoms with Crippen molar-refractivity contribution in [2.45, 2.75) is 44.7 Å². The minimum absolute atomic E-state index is 0.0383. The third-order valence-corrected chi connectivity index (χ3v) is 6.28. The van der Waals surface area contributed by atoms with Crippen LogP contribution in [0.25, 0.3) is 0 Å². The van der Waals surface area contributed by atoms with E-state index >= 15 is 0 Å². The number of carbonyl (C=O) groups is 1. The van der Waals surface area contributed by atoms with E-state index in [-0.39, 0.29) is 11.6 Å². The van der Waals surface area contributed by atoms with Crippen molar-refractivity contribution in [3.63, 3.8) is 0 Å². The molecule has 4 saturated carbocycles. The van der Waals surface area contributed by atoms with E-state index in [1.54, 1.807) is 0 Å². The van der Waals surface area contributed by atoms with E-state index < -0.39 is 27.8 Å². The maximum absolute atomic E-state index is 13.1. The summed E-state index contributed by atoms with van der Waals surface area (Å²) in [5.74, 6) is 1.37. The van der Waals surface area contributed by atoms with Crippen molar-refractivity contribution < 1.29 is 22.9 Å². The summed E-state index contributed by atoms with van der Waals surface area (Å²) in [5, 5.41) is 13.5. The molecule has 1 aromatic rings. The summed E-state index contributed by atoms with van der Waals surface area (Å²) < 4.78 is 39.4. The number of nitrogens with one attached hydrogen (secondary N) is 1. The van der Waals surface area contributed by atoms with Crippen LogP contribution in [0.15, 0.2) is 18.2 Å². The van der Waals surface area contributed by atoms with Crippen molar-refractivity contribution in [1.82, 2.24) is 0 Å². The van der Waals surface area contributed by atoms with Gasteiger partial charge in [-0.25, -0.2) is 0 Å². The molecule has 1 amide bonds. The fourth-order valence-electron chi connectivity index (χ4n) is 5.65. The zero-order valence-corrected chi connectivity index (χ0v) is 14.0. The summed E-state index contributed by atoms with van der Waals surface area (Å²) in [5.41, 5.74) is -2.88. The van der Waals surface area contributed by atoms with E-state index in [4.69, 9.17) is 0 Å². The van der Waals surface area contributed by atoms with E-state index in [1.165, 1.54) is 6.07 Å². The average Bonchev–Trinajstić information content (AvgIpc) is 2.52. The third kappa shape index (κ3) is 2.85. The molecule has 5 rings (SSSR count). The molecule has 0 atom stereocenters. The Labute approximate surface area is 148 Å². The summed E-state index contributed by atoms with van der Waals surface area (Å²) in [6, 6.07) is 2.64. The molecule has 1 N–H and O–H groups in total. The van der Waals surface area contributed by atoms with E-state index in [2.05, 4.69) is 5.32 Å². The van der Waals surface area contributed by atoms with Crippen LogP contribution in [0.4, 0.5) is 24.5 Å². The molecular formula is C18H19F3N2O3. The molecular weight excluding hydrogens is 349 g/mol. The molecule has 0 radical (unpaired) electrons. The molecule has 8 heteroatoms. The maximum atomic E-state index is 13.1. The van der Waals surface area contributed by atoms with Gasteiger partial charge in [-0.15, -0.1) is 0 Å². The number of amides is 1. The highest BCUT2D eigenvalue weighted by Gasteiger charge is 2.54. The van der Waals surface area contributed by atoms with Gasteiger partial charge in [0.1, 0.15) is 5.56 Å². The first-order valence-corrected chi connectivity index (χ1v) is 8.83. The van der Waals surface area contributed by atoms with Gasteiger partial charge >= 0.3 is 6.18 Å². The Morgan fingerprint density at radius 2 is 1.65 bits per heavy atom. The largest absolute Gasteiger partial charge is 0.423 e. The number of hydrogen-bond donors (Lipinski definition) is 1. The molecule has 26 heavy (non-hydrogen) atoms.